The Kier molecular flexibility index (Phi) is 4.99. The molecule has 146 valence electrons. The van der Waals surface area contributed by atoms with E-state index >= 15 is 0 Å². The van der Waals surface area contributed by atoms with Gasteiger partial charge in [-0.2, -0.15) is 0 Å². The smallest absolute Gasteiger partial charge is 0.259 e. The first-order chi connectivity index (χ1) is 14.1. The van der Waals surface area contributed by atoms with E-state index in [9.17, 15) is 4.79 Å². The van der Waals surface area contributed by atoms with Crippen molar-refractivity contribution in [1.29, 1.82) is 0 Å². The minimum atomic E-state index is -0.208. The van der Waals surface area contributed by atoms with Crippen LogP contribution in [0.3, 0.4) is 0 Å². The minimum absolute atomic E-state index is 0.208. The zero-order valence-electron chi connectivity index (χ0n) is 16.5. The summed E-state index contributed by atoms with van der Waals surface area (Å²) in [5.74, 6) is 0.588. The van der Waals surface area contributed by atoms with Crippen LogP contribution >= 0.6 is 0 Å². The van der Waals surface area contributed by atoms with Crippen molar-refractivity contribution in [3.8, 4) is 17.0 Å². The summed E-state index contributed by atoms with van der Waals surface area (Å²) in [7, 11) is 1.64. The van der Waals surface area contributed by atoms with Crippen molar-refractivity contribution in [3.63, 3.8) is 0 Å². The maximum absolute atomic E-state index is 13.0. The second-order valence-corrected chi connectivity index (χ2v) is 6.86. The Labute approximate surface area is 168 Å². The first kappa shape index (κ1) is 18.7. The van der Waals surface area contributed by atoms with Gasteiger partial charge in [-0.15, -0.1) is 0 Å². The molecular formula is C23H21N3O3. The van der Waals surface area contributed by atoms with Gasteiger partial charge >= 0.3 is 0 Å². The monoisotopic (exact) mass is 387 g/mol. The Morgan fingerprint density at radius 3 is 2.66 bits per heavy atom. The summed E-state index contributed by atoms with van der Waals surface area (Å²) >= 11 is 0. The number of fused-ring (bicyclic) bond motifs is 1. The van der Waals surface area contributed by atoms with Crippen molar-refractivity contribution in [2.45, 2.75) is 20.4 Å². The third-order valence-electron chi connectivity index (χ3n) is 4.86. The molecular weight excluding hydrogens is 366 g/mol. The van der Waals surface area contributed by atoms with Crippen LogP contribution in [0.25, 0.3) is 22.4 Å². The van der Waals surface area contributed by atoms with E-state index in [1.165, 1.54) is 0 Å². The molecule has 2 aromatic carbocycles. The first-order valence-electron chi connectivity index (χ1n) is 9.31. The first-order valence-corrected chi connectivity index (χ1v) is 9.31. The Morgan fingerprint density at radius 1 is 1.10 bits per heavy atom. The summed E-state index contributed by atoms with van der Waals surface area (Å²) in [5, 5.41) is 7.60. The van der Waals surface area contributed by atoms with Crippen LogP contribution < -0.4 is 10.1 Å². The zero-order chi connectivity index (χ0) is 20.4. The van der Waals surface area contributed by atoms with Gasteiger partial charge in [0.1, 0.15) is 5.75 Å². The number of carbonyl (C=O) groups is 1. The van der Waals surface area contributed by atoms with E-state index < -0.39 is 0 Å². The molecule has 2 aromatic heterocycles. The number of nitrogens with zero attached hydrogens (tertiary/aromatic N) is 2. The molecule has 4 rings (SSSR count). The summed E-state index contributed by atoms with van der Waals surface area (Å²) in [5.41, 5.74) is 5.05. The van der Waals surface area contributed by atoms with Crippen molar-refractivity contribution in [2.75, 3.05) is 7.11 Å². The van der Waals surface area contributed by atoms with Gasteiger partial charge in [-0.05, 0) is 37.1 Å². The summed E-state index contributed by atoms with van der Waals surface area (Å²) < 4.78 is 10.7. The standard InChI is InChI=1S/C23H21N3O3/c1-14-9-10-16(11-20(14)28-3)13-24-22(27)18-12-19(17-7-5-4-6-8-17)25-23-21(18)15(2)26-29-23/h4-12H,13H2,1-3H3,(H,24,27). The number of aromatic nitrogens is 2. The normalized spacial score (nSPS) is 10.9. The quantitative estimate of drug-likeness (QED) is 0.548. The van der Waals surface area contributed by atoms with E-state index in [0.717, 1.165) is 22.4 Å². The molecule has 6 heteroatoms. The molecule has 0 saturated carbocycles. The van der Waals surface area contributed by atoms with Crippen LogP contribution in [0.5, 0.6) is 5.75 Å². The summed E-state index contributed by atoms with van der Waals surface area (Å²) in [6.07, 6.45) is 0. The fourth-order valence-corrected chi connectivity index (χ4v) is 3.28. The molecule has 0 aliphatic rings. The van der Waals surface area contributed by atoms with Gasteiger partial charge in [-0.3, -0.25) is 4.79 Å². The van der Waals surface area contributed by atoms with Crippen LogP contribution in [0.2, 0.25) is 0 Å². The van der Waals surface area contributed by atoms with Crippen LogP contribution in [0.4, 0.5) is 0 Å². The van der Waals surface area contributed by atoms with Crippen LogP contribution in [0.15, 0.2) is 59.1 Å². The molecule has 0 aliphatic carbocycles. The number of aryl methyl sites for hydroxylation is 2. The van der Waals surface area contributed by atoms with Gasteiger partial charge in [0.25, 0.3) is 11.6 Å². The summed E-state index contributed by atoms with van der Waals surface area (Å²) in [6.45, 7) is 4.16. The molecule has 0 bridgehead atoms. The number of methoxy groups -OCH3 is 1. The number of hydrogen-bond acceptors (Lipinski definition) is 5. The highest BCUT2D eigenvalue weighted by Gasteiger charge is 2.19. The Hall–Kier alpha value is -3.67. The number of nitrogens with one attached hydrogen (secondary N) is 1. The fraction of sp³-hybridized carbons (Fsp3) is 0.174. The molecule has 0 aliphatic heterocycles. The van der Waals surface area contributed by atoms with Crippen molar-refractivity contribution >= 4 is 17.0 Å². The minimum Gasteiger partial charge on any atom is -0.496 e. The number of hydrogen-bond donors (Lipinski definition) is 1. The molecule has 29 heavy (non-hydrogen) atoms. The topological polar surface area (TPSA) is 77.2 Å². The molecule has 6 nitrogen and oxygen atoms in total. The predicted octanol–water partition coefficient (Wildman–Crippen LogP) is 4.45. The van der Waals surface area contributed by atoms with Gasteiger partial charge < -0.3 is 14.6 Å². The van der Waals surface area contributed by atoms with Crippen LogP contribution in [0, 0.1) is 13.8 Å². The molecule has 0 unspecified atom stereocenters. The number of carbonyl (C=O) groups excluding carboxylic acids is 1. The second kappa shape index (κ2) is 7.75. The predicted molar refractivity (Wildman–Crippen MR) is 111 cm³/mol. The van der Waals surface area contributed by atoms with E-state index in [2.05, 4.69) is 15.5 Å². The summed E-state index contributed by atoms with van der Waals surface area (Å²) in [6, 6.07) is 17.3. The zero-order valence-corrected chi connectivity index (χ0v) is 16.5. The van der Waals surface area contributed by atoms with Crippen LogP contribution in [0.1, 0.15) is 27.2 Å². The van der Waals surface area contributed by atoms with E-state index in [0.29, 0.717) is 34.6 Å². The lowest BCUT2D eigenvalue weighted by Gasteiger charge is -2.10. The number of benzene rings is 2. The largest absolute Gasteiger partial charge is 0.496 e. The second-order valence-electron chi connectivity index (χ2n) is 6.86. The SMILES string of the molecule is COc1cc(CNC(=O)c2cc(-c3ccccc3)nc3onc(C)c23)ccc1C. The highest BCUT2D eigenvalue weighted by atomic mass is 16.5. The van der Waals surface area contributed by atoms with E-state index in [-0.39, 0.29) is 5.91 Å². The van der Waals surface area contributed by atoms with Gasteiger partial charge in [0.05, 0.1) is 29.4 Å². The van der Waals surface area contributed by atoms with E-state index in [4.69, 9.17) is 9.26 Å². The third kappa shape index (κ3) is 3.69. The van der Waals surface area contributed by atoms with Gasteiger partial charge in [0.2, 0.25) is 0 Å². The maximum Gasteiger partial charge on any atom is 0.259 e. The Morgan fingerprint density at radius 2 is 1.90 bits per heavy atom. The number of pyridine rings is 1. The Bertz CT molecular complexity index is 1180. The molecule has 0 spiro atoms. The lowest BCUT2D eigenvalue weighted by atomic mass is 10.0. The molecule has 1 N–H and O–H groups in total. The highest BCUT2D eigenvalue weighted by Crippen LogP contribution is 2.27. The molecule has 4 aromatic rings. The van der Waals surface area contributed by atoms with E-state index in [1.54, 1.807) is 20.1 Å². The molecule has 0 radical (unpaired) electrons. The third-order valence-corrected chi connectivity index (χ3v) is 4.86. The Balaban J connectivity index is 1.67. The molecule has 0 fully saturated rings. The molecule has 0 saturated heterocycles. The fourth-order valence-electron chi connectivity index (χ4n) is 3.28. The van der Waals surface area contributed by atoms with Crippen molar-refractivity contribution in [1.82, 2.24) is 15.5 Å². The lowest BCUT2D eigenvalue weighted by Crippen LogP contribution is -2.23. The number of ether oxygens (including phenoxy) is 1. The van der Waals surface area contributed by atoms with Crippen LogP contribution in [-0.2, 0) is 6.54 Å². The molecule has 1 amide bonds. The van der Waals surface area contributed by atoms with Gasteiger partial charge in [-0.25, -0.2) is 4.98 Å². The van der Waals surface area contributed by atoms with Gasteiger partial charge in [-0.1, -0.05) is 47.6 Å². The lowest BCUT2D eigenvalue weighted by molar-refractivity contribution is 0.0952. The van der Waals surface area contributed by atoms with Crippen molar-refractivity contribution in [2.24, 2.45) is 0 Å². The molecule has 2 heterocycles. The van der Waals surface area contributed by atoms with Crippen LogP contribution in [-0.4, -0.2) is 23.2 Å². The highest BCUT2D eigenvalue weighted by molar-refractivity contribution is 6.06. The average molecular weight is 387 g/mol. The number of rotatable bonds is 5. The summed E-state index contributed by atoms with van der Waals surface area (Å²) in [4.78, 5) is 17.6. The van der Waals surface area contributed by atoms with Crippen molar-refractivity contribution in [3.05, 3.63) is 77.0 Å². The number of amides is 1. The average Bonchev–Trinajstić information content (AvgIpc) is 3.13. The van der Waals surface area contributed by atoms with Crippen molar-refractivity contribution < 1.29 is 14.1 Å². The van der Waals surface area contributed by atoms with Gasteiger partial charge in [0, 0.05) is 12.1 Å². The maximum atomic E-state index is 13.0. The van der Waals surface area contributed by atoms with E-state index in [1.807, 2.05) is 55.5 Å². The molecule has 0 atom stereocenters. The van der Waals surface area contributed by atoms with Gasteiger partial charge in [0.15, 0.2) is 0 Å².